The van der Waals surface area contributed by atoms with Gasteiger partial charge in [-0.2, -0.15) is 0 Å². The van der Waals surface area contributed by atoms with Crippen molar-refractivity contribution in [2.45, 2.75) is 12.1 Å². The summed E-state index contributed by atoms with van der Waals surface area (Å²) in [5.74, 6) is 1.21. The van der Waals surface area contributed by atoms with Gasteiger partial charge in [0.25, 0.3) is 0 Å². The Morgan fingerprint density at radius 3 is 2.69 bits per heavy atom. The minimum atomic E-state index is -0.150. The van der Waals surface area contributed by atoms with Gasteiger partial charge in [-0.15, -0.1) is 10.2 Å². The molecule has 0 bridgehead atoms. The van der Waals surface area contributed by atoms with E-state index in [0.717, 1.165) is 11.3 Å². The first kappa shape index (κ1) is 19.3. The molecular formula is C21H17ClN4O2S. The van der Waals surface area contributed by atoms with Crippen molar-refractivity contribution in [3.8, 4) is 17.3 Å². The molecule has 1 amide bonds. The maximum Gasteiger partial charge on any atom is 0.234 e. The number of carbonyl (C=O) groups excluding carboxylic acids is 1. The molecule has 4 rings (SSSR count). The van der Waals surface area contributed by atoms with E-state index in [1.807, 2.05) is 54.0 Å². The molecule has 4 aromatic rings. The normalized spacial score (nSPS) is 10.8. The number of thioether (sulfide) groups is 1. The van der Waals surface area contributed by atoms with Crippen LogP contribution in [0.1, 0.15) is 5.56 Å². The van der Waals surface area contributed by atoms with E-state index in [2.05, 4.69) is 15.5 Å². The Morgan fingerprint density at radius 1 is 1.10 bits per heavy atom. The Hall–Kier alpha value is -3.03. The van der Waals surface area contributed by atoms with Gasteiger partial charge >= 0.3 is 0 Å². The molecule has 0 aliphatic heterocycles. The zero-order chi connectivity index (χ0) is 20.2. The molecule has 0 unspecified atom stereocenters. The van der Waals surface area contributed by atoms with Crippen LogP contribution in [-0.4, -0.2) is 26.4 Å². The summed E-state index contributed by atoms with van der Waals surface area (Å²) in [4.78, 5) is 12.5. The lowest BCUT2D eigenvalue weighted by atomic mass is 10.2. The first-order chi connectivity index (χ1) is 14.1. The van der Waals surface area contributed by atoms with Gasteiger partial charge in [-0.1, -0.05) is 47.6 Å². The second-order valence-electron chi connectivity index (χ2n) is 6.20. The number of hydrogen-bond acceptors (Lipinski definition) is 5. The fourth-order valence-corrected chi connectivity index (χ4v) is 3.72. The zero-order valence-electron chi connectivity index (χ0n) is 15.5. The Bertz CT molecular complexity index is 1130. The highest BCUT2D eigenvalue weighted by atomic mass is 35.5. The monoisotopic (exact) mass is 424 g/mol. The Kier molecular flexibility index (Phi) is 5.69. The molecule has 0 spiro atoms. The summed E-state index contributed by atoms with van der Waals surface area (Å²) < 4.78 is 7.38. The number of nitrogens with zero attached hydrogens (tertiary/aromatic N) is 3. The summed E-state index contributed by atoms with van der Waals surface area (Å²) in [6, 6.07) is 18.8. The maximum absolute atomic E-state index is 12.5. The third-order valence-electron chi connectivity index (χ3n) is 4.26. The number of aromatic nitrogens is 3. The number of halogens is 1. The minimum Gasteiger partial charge on any atom is -0.461 e. The van der Waals surface area contributed by atoms with Crippen LogP contribution in [0.5, 0.6) is 0 Å². The van der Waals surface area contributed by atoms with Crippen molar-refractivity contribution < 1.29 is 9.21 Å². The number of para-hydroxylation sites is 1. The predicted molar refractivity (Wildman–Crippen MR) is 115 cm³/mol. The molecule has 0 aliphatic carbocycles. The molecule has 0 fully saturated rings. The van der Waals surface area contributed by atoms with Crippen LogP contribution in [0.15, 0.2) is 76.5 Å². The first-order valence-electron chi connectivity index (χ1n) is 8.86. The van der Waals surface area contributed by atoms with Gasteiger partial charge in [0.15, 0.2) is 10.9 Å². The van der Waals surface area contributed by atoms with Gasteiger partial charge in [0.2, 0.25) is 11.7 Å². The molecule has 2 heterocycles. The highest BCUT2D eigenvalue weighted by Gasteiger charge is 2.19. The lowest BCUT2D eigenvalue weighted by molar-refractivity contribution is -0.113. The van der Waals surface area contributed by atoms with E-state index in [4.69, 9.17) is 16.0 Å². The Labute approximate surface area is 176 Å². The van der Waals surface area contributed by atoms with Gasteiger partial charge in [0.1, 0.15) is 0 Å². The number of benzene rings is 2. The van der Waals surface area contributed by atoms with Gasteiger partial charge in [-0.3, -0.25) is 9.36 Å². The largest absolute Gasteiger partial charge is 0.461 e. The summed E-state index contributed by atoms with van der Waals surface area (Å²) in [6.45, 7) is 1.87. The molecule has 8 heteroatoms. The van der Waals surface area contributed by atoms with Crippen molar-refractivity contribution in [1.29, 1.82) is 0 Å². The fraction of sp³-hybridized carbons (Fsp3) is 0.0952. The van der Waals surface area contributed by atoms with Crippen LogP contribution >= 0.6 is 23.4 Å². The zero-order valence-corrected chi connectivity index (χ0v) is 17.1. The molecular weight excluding hydrogens is 408 g/mol. The van der Waals surface area contributed by atoms with E-state index in [1.165, 1.54) is 11.8 Å². The van der Waals surface area contributed by atoms with Crippen LogP contribution in [0.25, 0.3) is 17.3 Å². The smallest absolute Gasteiger partial charge is 0.234 e. The molecule has 0 aliphatic rings. The number of rotatable bonds is 6. The van der Waals surface area contributed by atoms with E-state index < -0.39 is 0 Å². The second-order valence-corrected chi connectivity index (χ2v) is 7.55. The van der Waals surface area contributed by atoms with Crippen molar-refractivity contribution in [2.75, 3.05) is 11.1 Å². The number of furan rings is 1. The molecule has 6 nitrogen and oxygen atoms in total. The molecule has 2 aromatic heterocycles. The highest BCUT2D eigenvalue weighted by Crippen LogP contribution is 2.28. The third kappa shape index (κ3) is 4.21. The summed E-state index contributed by atoms with van der Waals surface area (Å²) in [6.07, 6.45) is 1.59. The number of carbonyl (C=O) groups is 1. The van der Waals surface area contributed by atoms with Crippen LogP contribution in [0.4, 0.5) is 5.69 Å². The maximum atomic E-state index is 12.5. The van der Waals surface area contributed by atoms with Gasteiger partial charge in [-0.05, 0) is 48.9 Å². The Morgan fingerprint density at radius 2 is 1.93 bits per heavy atom. The average Bonchev–Trinajstić information content (AvgIpc) is 3.40. The van der Waals surface area contributed by atoms with E-state index >= 15 is 0 Å². The van der Waals surface area contributed by atoms with E-state index in [9.17, 15) is 4.79 Å². The summed E-state index contributed by atoms with van der Waals surface area (Å²) in [7, 11) is 0. The molecule has 0 saturated heterocycles. The van der Waals surface area contributed by atoms with E-state index in [0.29, 0.717) is 27.5 Å². The summed E-state index contributed by atoms with van der Waals surface area (Å²) in [5.41, 5.74) is 2.42. The van der Waals surface area contributed by atoms with E-state index in [-0.39, 0.29) is 11.7 Å². The van der Waals surface area contributed by atoms with Gasteiger partial charge < -0.3 is 9.73 Å². The minimum absolute atomic E-state index is 0.150. The average molecular weight is 425 g/mol. The van der Waals surface area contributed by atoms with Crippen molar-refractivity contribution in [3.05, 3.63) is 77.5 Å². The van der Waals surface area contributed by atoms with Crippen LogP contribution in [-0.2, 0) is 4.79 Å². The molecule has 0 radical (unpaired) electrons. The van der Waals surface area contributed by atoms with Crippen LogP contribution in [0, 0.1) is 6.92 Å². The lowest BCUT2D eigenvalue weighted by Crippen LogP contribution is -2.15. The number of nitrogens with one attached hydrogen (secondary N) is 1. The first-order valence-corrected chi connectivity index (χ1v) is 10.2. The van der Waals surface area contributed by atoms with Crippen LogP contribution in [0.3, 0.4) is 0 Å². The summed E-state index contributed by atoms with van der Waals surface area (Å²) >= 11 is 7.42. The third-order valence-corrected chi connectivity index (χ3v) is 5.60. The Balaban J connectivity index is 1.56. The molecule has 146 valence electrons. The molecule has 29 heavy (non-hydrogen) atoms. The number of anilines is 1. The van der Waals surface area contributed by atoms with Gasteiger partial charge in [-0.25, -0.2) is 0 Å². The number of amides is 1. The lowest BCUT2D eigenvalue weighted by Gasteiger charge is -2.10. The topological polar surface area (TPSA) is 73.0 Å². The molecule has 2 aromatic carbocycles. The second kappa shape index (κ2) is 8.55. The van der Waals surface area contributed by atoms with Crippen LogP contribution < -0.4 is 5.32 Å². The standard InChI is InChI=1S/C21H17ClN4O2S/c1-14-16(22)9-5-10-17(14)23-19(27)13-29-21-25-24-20(18-11-6-12-28-18)26(21)15-7-3-2-4-8-15/h2-12H,13H2,1H3,(H,23,27). The van der Waals surface area contributed by atoms with E-state index in [1.54, 1.807) is 24.5 Å². The van der Waals surface area contributed by atoms with Crippen molar-refractivity contribution in [1.82, 2.24) is 14.8 Å². The quantitative estimate of drug-likeness (QED) is 0.429. The molecule has 0 atom stereocenters. The van der Waals surface area contributed by atoms with Crippen molar-refractivity contribution in [2.24, 2.45) is 0 Å². The van der Waals surface area contributed by atoms with Crippen molar-refractivity contribution in [3.63, 3.8) is 0 Å². The molecule has 1 N–H and O–H groups in total. The van der Waals surface area contributed by atoms with Crippen LogP contribution in [0.2, 0.25) is 5.02 Å². The highest BCUT2D eigenvalue weighted by molar-refractivity contribution is 7.99. The van der Waals surface area contributed by atoms with Gasteiger partial charge in [0, 0.05) is 16.4 Å². The molecule has 0 saturated carbocycles. The number of hydrogen-bond donors (Lipinski definition) is 1. The van der Waals surface area contributed by atoms with Gasteiger partial charge in [0.05, 0.1) is 12.0 Å². The SMILES string of the molecule is Cc1c(Cl)cccc1NC(=O)CSc1nnc(-c2ccco2)n1-c1ccccc1. The van der Waals surface area contributed by atoms with Crippen molar-refractivity contribution >= 4 is 35.0 Å². The fourth-order valence-electron chi connectivity index (χ4n) is 2.80. The summed E-state index contributed by atoms with van der Waals surface area (Å²) in [5, 5.41) is 12.7. The predicted octanol–water partition coefficient (Wildman–Crippen LogP) is 5.22.